The number of benzene rings is 1. The van der Waals surface area contributed by atoms with Gasteiger partial charge in [-0.15, -0.1) is 5.53 Å². The van der Waals surface area contributed by atoms with Gasteiger partial charge in [-0.1, -0.05) is 22.0 Å². The highest BCUT2D eigenvalue weighted by atomic mass is 79.9. The van der Waals surface area contributed by atoms with E-state index in [9.17, 15) is 4.79 Å². The lowest BCUT2D eigenvalue weighted by Gasteiger charge is -2.23. The molecular formula is C13H16BrN3O3. The van der Waals surface area contributed by atoms with E-state index in [0.29, 0.717) is 6.61 Å². The van der Waals surface area contributed by atoms with Gasteiger partial charge in [0.25, 0.3) is 0 Å². The zero-order valence-corrected chi connectivity index (χ0v) is 12.8. The second-order valence-electron chi connectivity index (χ2n) is 4.07. The van der Waals surface area contributed by atoms with Crippen molar-refractivity contribution in [1.82, 2.24) is 10.7 Å². The van der Waals surface area contributed by atoms with E-state index in [1.807, 2.05) is 24.3 Å². The molecule has 20 heavy (non-hydrogen) atoms. The molecule has 1 heterocycles. The summed E-state index contributed by atoms with van der Waals surface area (Å²) in [4.78, 5) is 16.9. The molecule has 0 saturated carbocycles. The van der Waals surface area contributed by atoms with Crippen molar-refractivity contribution in [2.45, 2.75) is 20.0 Å². The van der Waals surface area contributed by atoms with Crippen LogP contribution >= 0.6 is 15.9 Å². The Morgan fingerprint density at radius 1 is 1.45 bits per heavy atom. The molecule has 0 aliphatic carbocycles. The molecule has 0 amide bonds. The summed E-state index contributed by atoms with van der Waals surface area (Å²) in [5, 5.41) is 3.13. The monoisotopic (exact) mass is 341 g/mol. The summed E-state index contributed by atoms with van der Waals surface area (Å²) >= 11 is 3.42. The maximum absolute atomic E-state index is 11.5. The number of nitrogens with one attached hydrogen (secondary N) is 1. The van der Waals surface area contributed by atoms with Crippen molar-refractivity contribution in [1.29, 1.82) is 0 Å². The van der Waals surface area contributed by atoms with Gasteiger partial charge < -0.3 is 4.74 Å². The summed E-state index contributed by atoms with van der Waals surface area (Å²) < 4.78 is 5.86. The molecule has 1 unspecified atom stereocenters. The molecule has 0 radical (unpaired) electrons. The van der Waals surface area contributed by atoms with Gasteiger partial charge in [-0.2, -0.15) is 5.17 Å². The highest BCUT2D eigenvalue weighted by Crippen LogP contribution is 2.21. The van der Waals surface area contributed by atoms with E-state index in [2.05, 4.69) is 21.5 Å². The van der Waals surface area contributed by atoms with Gasteiger partial charge in [0.05, 0.1) is 18.5 Å². The summed E-state index contributed by atoms with van der Waals surface area (Å²) in [5.41, 5.74) is 3.90. The molecule has 0 bridgehead atoms. The van der Waals surface area contributed by atoms with Gasteiger partial charge in [0.15, 0.2) is 6.10 Å². The van der Waals surface area contributed by atoms with Crippen LogP contribution in [0.2, 0.25) is 0 Å². The second-order valence-corrected chi connectivity index (χ2v) is 4.99. The molecule has 0 spiro atoms. The van der Waals surface area contributed by atoms with Crippen LogP contribution in [0.15, 0.2) is 41.1 Å². The fourth-order valence-corrected chi connectivity index (χ4v) is 1.99. The fourth-order valence-electron chi connectivity index (χ4n) is 1.60. The SMILES string of the molecule is CCOC(=O)C(C)ON1C=CN(c2cccc(Br)c2)N1. The van der Waals surface area contributed by atoms with Gasteiger partial charge >= 0.3 is 5.97 Å². The Morgan fingerprint density at radius 2 is 2.25 bits per heavy atom. The van der Waals surface area contributed by atoms with Crippen LogP contribution in [0.4, 0.5) is 5.69 Å². The molecule has 6 nitrogen and oxygen atoms in total. The number of halogens is 1. The zero-order chi connectivity index (χ0) is 14.5. The van der Waals surface area contributed by atoms with Gasteiger partial charge in [-0.25, -0.2) is 9.63 Å². The Kier molecular flexibility index (Phi) is 4.99. The van der Waals surface area contributed by atoms with E-state index in [4.69, 9.17) is 9.57 Å². The van der Waals surface area contributed by atoms with Gasteiger partial charge in [-0.05, 0) is 32.0 Å². The molecule has 1 atom stereocenters. The average molecular weight is 342 g/mol. The molecule has 1 aliphatic heterocycles. The minimum atomic E-state index is -0.686. The molecule has 2 rings (SSSR count). The first kappa shape index (κ1) is 14.8. The summed E-state index contributed by atoms with van der Waals surface area (Å²) in [5.74, 6) is -0.399. The van der Waals surface area contributed by atoms with Crippen LogP contribution in [0.1, 0.15) is 13.8 Å². The van der Waals surface area contributed by atoms with Gasteiger partial charge in [0.1, 0.15) is 0 Å². The van der Waals surface area contributed by atoms with E-state index in [-0.39, 0.29) is 0 Å². The minimum Gasteiger partial charge on any atom is -0.464 e. The van der Waals surface area contributed by atoms with E-state index in [1.165, 1.54) is 5.17 Å². The molecule has 0 aromatic heterocycles. The quantitative estimate of drug-likeness (QED) is 0.829. The Morgan fingerprint density at radius 3 is 2.95 bits per heavy atom. The maximum Gasteiger partial charge on any atom is 0.337 e. The Balaban J connectivity index is 1.90. The first-order valence-electron chi connectivity index (χ1n) is 6.22. The topological polar surface area (TPSA) is 54.0 Å². The number of ether oxygens (including phenoxy) is 1. The highest BCUT2D eigenvalue weighted by Gasteiger charge is 2.21. The number of nitrogens with zero attached hydrogens (tertiary/aromatic N) is 2. The molecule has 0 saturated heterocycles. The number of hydrogen-bond acceptors (Lipinski definition) is 6. The second kappa shape index (κ2) is 6.74. The summed E-state index contributed by atoms with van der Waals surface area (Å²) in [7, 11) is 0. The Bertz CT molecular complexity index is 509. The third-order valence-electron chi connectivity index (χ3n) is 2.53. The molecule has 7 heteroatoms. The Labute approximate surface area is 126 Å². The van der Waals surface area contributed by atoms with Crippen molar-refractivity contribution < 1.29 is 14.4 Å². The molecule has 108 valence electrons. The van der Waals surface area contributed by atoms with Gasteiger partial charge in [-0.3, -0.25) is 5.01 Å². The van der Waals surface area contributed by atoms with E-state index in [1.54, 1.807) is 31.3 Å². The Hall–Kier alpha value is -1.57. The van der Waals surface area contributed by atoms with Crippen molar-refractivity contribution in [2.24, 2.45) is 0 Å². The summed E-state index contributed by atoms with van der Waals surface area (Å²) in [6.07, 6.45) is 2.78. The lowest BCUT2D eigenvalue weighted by molar-refractivity contribution is -0.205. The molecular weight excluding hydrogens is 326 g/mol. The predicted molar refractivity (Wildman–Crippen MR) is 77.9 cm³/mol. The van der Waals surface area contributed by atoms with Crippen LogP contribution in [0, 0.1) is 0 Å². The lowest BCUT2D eigenvalue weighted by Crippen LogP contribution is -2.42. The van der Waals surface area contributed by atoms with E-state index in [0.717, 1.165) is 10.2 Å². The normalized spacial score (nSPS) is 15.6. The molecule has 1 N–H and O–H groups in total. The first-order valence-corrected chi connectivity index (χ1v) is 7.01. The number of carbonyl (C=O) groups is 1. The van der Waals surface area contributed by atoms with Gasteiger partial charge in [0, 0.05) is 10.7 Å². The third kappa shape index (κ3) is 3.72. The molecule has 1 aromatic rings. The number of anilines is 1. The number of hydrogen-bond donors (Lipinski definition) is 1. The first-order chi connectivity index (χ1) is 9.60. The standard InChI is InChI=1S/C13H16BrN3O3/c1-3-19-13(18)10(2)20-17-8-7-16(15-17)12-6-4-5-11(14)9-12/h4-10,15H,3H2,1-2H3. The van der Waals surface area contributed by atoms with Crippen molar-refractivity contribution in [3.8, 4) is 0 Å². The predicted octanol–water partition coefficient (Wildman–Crippen LogP) is 2.35. The smallest absolute Gasteiger partial charge is 0.337 e. The maximum atomic E-state index is 11.5. The van der Waals surface area contributed by atoms with E-state index < -0.39 is 12.1 Å². The number of carbonyl (C=O) groups excluding carboxylic acids is 1. The number of hydrazine groups is 2. The van der Waals surface area contributed by atoms with Crippen LogP contribution < -0.4 is 10.5 Å². The highest BCUT2D eigenvalue weighted by molar-refractivity contribution is 9.10. The third-order valence-corrected chi connectivity index (χ3v) is 3.03. The van der Waals surface area contributed by atoms with Gasteiger partial charge in [0.2, 0.25) is 0 Å². The van der Waals surface area contributed by atoms with Crippen LogP contribution in [0.25, 0.3) is 0 Å². The lowest BCUT2D eigenvalue weighted by atomic mass is 10.3. The van der Waals surface area contributed by atoms with Crippen LogP contribution in [0.5, 0.6) is 0 Å². The van der Waals surface area contributed by atoms with E-state index >= 15 is 0 Å². The number of esters is 1. The van der Waals surface area contributed by atoms with Crippen LogP contribution in [-0.2, 0) is 14.4 Å². The summed E-state index contributed by atoms with van der Waals surface area (Å²) in [6.45, 7) is 3.73. The summed E-state index contributed by atoms with van der Waals surface area (Å²) in [6, 6.07) is 7.77. The van der Waals surface area contributed by atoms with Crippen LogP contribution in [-0.4, -0.2) is 23.9 Å². The number of rotatable bonds is 5. The average Bonchev–Trinajstić information content (AvgIpc) is 2.87. The minimum absolute atomic E-state index is 0.333. The fraction of sp³-hybridized carbons (Fsp3) is 0.308. The van der Waals surface area contributed by atoms with Crippen molar-refractivity contribution >= 4 is 27.6 Å². The molecule has 0 fully saturated rings. The largest absolute Gasteiger partial charge is 0.464 e. The van der Waals surface area contributed by atoms with Crippen molar-refractivity contribution in [3.05, 3.63) is 41.1 Å². The zero-order valence-electron chi connectivity index (χ0n) is 11.2. The van der Waals surface area contributed by atoms with Crippen molar-refractivity contribution in [2.75, 3.05) is 11.6 Å². The number of hydroxylamine groups is 1. The van der Waals surface area contributed by atoms with Crippen molar-refractivity contribution in [3.63, 3.8) is 0 Å². The van der Waals surface area contributed by atoms with Crippen LogP contribution in [0.3, 0.4) is 0 Å². The molecule has 1 aliphatic rings. The molecule has 1 aromatic carbocycles.